The molecule has 3 fully saturated rings. The number of hydrogen-bond donors (Lipinski definition) is 0. The first-order valence-electron chi connectivity index (χ1n) is 6.91. The highest BCUT2D eigenvalue weighted by molar-refractivity contribution is 6.04. The lowest BCUT2D eigenvalue weighted by Crippen LogP contribution is -2.67. The molecule has 0 N–H and O–H groups in total. The predicted molar refractivity (Wildman–Crippen MR) is 70.3 cm³/mol. The number of rotatable bonds is 1. The van der Waals surface area contributed by atoms with Crippen LogP contribution in [0.3, 0.4) is 0 Å². The summed E-state index contributed by atoms with van der Waals surface area (Å²) in [4.78, 5) is 16.6. The molecule has 1 aliphatic heterocycles. The molecule has 0 radical (unpaired) electrons. The van der Waals surface area contributed by atoms with E-state index in [0.29, 0.717) is 17.5 Å². The monoisotopic (exact) mass is 247 g/mol. The van der Waals surface area contributed by atoms with Crippen LogP contribution in [-0.4, -0.2) is 17.3 Å². The minimum absolute atomic E-state index is 0.246. The van der Waals surface area contributed by atoms with E-state index in [0.717, 1.165) is 18.6 Å². The van der Waals surface area contributed by atoms with Gasteiger partial charge in [-0.2, -0.15) is 0 Å². The number of aliphatic imine (C=N–C) groups is 1. The van der Waals surface area contributed by atoms with Gasteiger partial charge in [0, 0.05) is 5.92 Å². The van der Waals surface area contributed by atoms with Crippen molar-refractivity contribution in [1.82, 2.24) is 0 Å². The lowest BCUT2D eigenvalue weighted by atomic mass is 9.43. The zero-order valence-corrected chi connectivity index (χ0v) is 11.6. The number of carbonyl (C=O) groups excluding carboxylic acids is 1. The van der Waals surface area contributed by atoms with E-state index in [1.165, 1.54) is 6.42 Å². The molecule has 4 aliphatic rings. The second kappa shape index (κ2) is 3.46. The van der Waals surface area contributed by atoms with Crippen molar-refractivity contribution in [3.63, 3.8) is 0 Å². The summed E-state index contributed by atoms with van der Waals surface area (Å²) in [6.07, 6.45) is 4.83. The quantitative estimate of drug-likeness (QED) is 0.527. The zero-order valence-electron chi connectivity index (χ0n) is 11.6. The molecule has 2 bridgehead atoms. The van der Waals surface area contributed by atoms with Crippen molar-refractivity contribution < 1.29 is 9.53 Å². The van der Waals surface area contributed by atoms with Crippen LogP contribution in [0.2, 0.25) is 0 Å². The molecule has 0 spiro atoms. The molecule has 0 aromatic rings. The van der Waals surface area contributed by atoms with Gasteiger partial charge in [0.05, 0.1) is 5.71 Å². The number of allylic oxidation sites excluding steroid dienone is 1. The van der Waals surface area contributed by atoms with Crippen molar-refractivity contribution in [2.45, 2.75) is 52.6 Å². The van der Waals surface area contributed by atoms with Gasteiger partial charge in [-0.3, -0.25) is 0 Å². The van der Waals surface area contributed by atoms with Crippen LogP contribution in [0.5, 0.6) is 0 Å². The largest absolute Gasteiger partial charge is 0.448 e. The van der Waals surface area contributed by atoms with E-state index in [2.05, 4.69) is 18.8 Å². The summed E-state index contributed by atoms with van der Waals surface area (Å²) in [5.41, 5.74) is 1.41. The van der Waals surface area contributed by atoms with Crippen molar-refractivity contribution in [2.75, 3.05) is 0 Å². The van der Waals surface area contributed by atoms with Crippen LogP contribution in [0.4, 0.5) is 0 Å². The van der Waals surface area contributed by atoms with Crippen LogP contribution in [0.15, 0.2) is 16.8 Å². The van der Waals surface area contributed by atoms with Gasteiger partial charge in [0.15, 0.2) is 5.60 Å². The molecule has 0 saturated heterocycles. The summed E-state index contributed by atoms with van der Waals surface area (Å²) in [5, 5.41) is 0. The molecule has 3 aliphatic carbocycles. The van der Waals surface area contributed by atoms with Crippen LogP contribution in [0.25, 0.3) is 0 Å². The Labute approximate surface area is 108 Å². The highest BCUT2D eigenvalue weighted by Crippen LogP contribution is 2.63. The lowest BCUT2D eigenvalue weighted by molar-refractivity contribution is -0.181. The van der Waals surface area contributed by atoms with E-state index in [9.17, 15) is 4.79 Å². The summed E-state index contributed by atoms with van der Waals surface area (Å²) >= 11 is 0. The molecule has 0 amide bonds. The fourth-order valence-corrected chi connectivity index (χ4v) is 3.98. The van der Waals surface area contributed by atoms with Crippen LogP contribution in [0, 0.1) is 17.3 Å². The highest BCUT2D eigenvalue weighted by atomic mass is 16.6. The minimum atomic E-state index is -0.458. The van der Waals surface area contributed by atoms with E-state index in [1.54, 1.807) is 0 Å². The third kappa shape index (κ3) is 1.30. The van der Waals surface area contributed by atoms with Crippen LogP contribution in [0.1, 0.15) is 47.0 Å². The van der Waals surface area contributed by atoms with Gasteiger partial charge in [0.2, 0.25) is 0 Å². The summed E-state index contributed by atoms with van der Waals surface area (Å²) in [5.74, 6) is 0.882. The van der Waals surface area contributed by atoms with Crippen LogP contribution >= 0.6 is 0 Å². The number of hydrogen-bond acceptors (Lipinski definition) is 3. The van der Waals surface area contributed by atoms with Crippen LogP contribution in [-0.2, 0) is 9.53 Å². The van der Waals surface area contributed by atoms with E-state index in [-0.39, 0.29) is 11.4 Å². The molecule has 3 heteroatoms. The minimum Gasteiger partial charge on any atom is -0.448 e. The standard InChI is InChI=1S/C15H21NO2/c1-5-6-10-13(17)18-15(4)11-7-9(14(11,2)3)8-12(15)16-10/h6,9,11H,5,7-8H2,1-4H3/b10-6-/t9-,11-,15-/m0/s1. The third-order valence-electron chi connectivity index (χ3n) is 5.31. The van der Waals surface area contributed by atoms with E-state index < -0.39 is 5.60 Å². The molecule has 0 aromatic carbocycles. The summed E-state index contributed by atoms with van der Waals surface area (Å²) in [6, 6.07) is 0. The summed E-state index contributed by atoms with van der Waals surface area (Å²) in [7, 11) is 0. The Kier molecular flexibility index (Phi) is 2.30. The van der Waals surface area contributed by atoms with Gasteiger partial charge < -0.3 is 4.74 Å². The first kappa shape index (κ1) is 11.9. The molecule has 4 rings (SSSR count). The van der Waals surface area contributed by atoms with Crippen molar-refractivity contribution >= 4 is 11.7 Å². The Morgan fingerprint density at radius 1 is 1.44 bits per heavy atom. The van der Waals surface area contributed by atoms with Gasteiger partial charge >= 0.3 is 5.97 Å². The molecular weight excluding hydrogens is 226 g/mol. The summed E-state index contributed by atoms with van der Waals surface area (Å²) < 4.78 is 5.79. The maximum absolute atomic E-state index is 12.0. The topological polar surface area (TPSA) is 38.7 Å². The molecule has 0 unspecified atom stereocenters. The normalized spacial score (nSPS) is 42.8. The molecular formula is C15H21NO2. The van der Waals surface area contributed by atoms with Crippen molar-refractivity contribution in [1.29, 1.82) is 0 Å². The Balaban J connectivity index is 2.02. The number of ether oxygens (including phenoxy) is 1. The van der Waals surface area contributed by atoms with Gasteiger partial charge in [0.25, 0.3) is 0 Å². The van der Waals surface area contributed by atoms with Gasteiger partial charge in [-0.25, -0.2) is 9.79 Å². The molecule has 3 saturated carbocycles. The van der Waals surface area contributed by atoms with E-state index in [4.69, 9.17) is 4.74 Å². The molecule has 18 heavy (non-hydrogen) atoms. The summed E-state index contributed by atoms with van der Waals surface area (Å²) in [6.45, 7) is 8.64. The number of nitrogens with zero attached hydrogens (tertiary/aromatic N) is 1. The molecule has 0 aromatic heterocycles. The van der Waals surface area contributed by atoms with Gasteiger partial charge in [-0.1, -0.05) is 26.8 Å². The number of esters is 1. The fourth-order valence-electron chi connectivity index (χ4n) is 3.98. The molecule has 1 heterocycles. The van der Waals surface area contributed by atoms with Crippen molar-refractivity contribution in [2.24, 2.45) is 22.2 Å². The maximum atomic E-state index is 12.0. The Bertz CT molecular complexity index is 475. The smallest absolute Gasteiger partial charge is 0.357 e. The lowest BCUT2D eigenvalue weighted by Gasteiger charge is -2.64. The highest BCUT2D eigenvalue weighted by Gasteiger charge is 2.65. The Morgan fingerprint density at radius 3 is 2.78 bits per heavy atom. The second-order valence-corrected chi connectivity index (χ2v) is 6.56. The average molecular weight is 247 g/mol. The first-order chi connectivity index (χ1) is 8.39. The van der Waals surface area contributed by atoms with Crippen molar-refractivity contribution in [3.8, 4) is 0 Å². The molecule has 3 atom stereocenters. The van der Waals surface area contributed by atoms with E-state index in [1.807, 2.05) is 19.9 Å². The third-order valence-corrected chi connectivity index (χ3v) is 5.31. The van der Waals surface area contributed by atoms with Gasteiger partial charge in [-0.15, -0.1) is 0 Å². The Morgan fingerprint density at radius 2 is 2.17 bits per heavy atom. The predicted octanol–water partition coefficient (Wildman–Crippen LogP) is 3.10. The van der Waals surface area contributed by atoms with E-state index >= 15 is 0 Å². The SMILES string of the molecule is CC/C=C1\N=C2C[C@@H]3C[C@@H](C3(C)C)[C@]2(C)OC1=O. The van der Waals surface area contributed by atoms with Crippen LogP contribution < -0.4 is 0 Å². The van der Waals surface area contributed by atoms with Crippen molar-refractivity contribution in [3.05, 3.63) is 11.8 Å². The maximum Gasteiger partial charge on any atom is 0.357 e. The second-order valence-electron chi connectivity index (χ2n) is 6.56. The Hall–Kier alpha value is -1.12. The molecule has 98 valence electrons. The molecule has 3 nitrogen and oxygen atoms in total. The zero-order chi connectivity index (χ0) is 13.1. The van der Waals surface area contributed by atoms with Gasteiger partial charge in [-0.05, 0) is 37.5 Å². The average Bonchev–Trinajstić information content (AvgIpc) is 2.28. The van der Waals surface area contributed by atoms with Gasteiger partial charge in [0.1, 0.15) is 5.70 Å². The fraction of sp³-hybridized carbons (Fsp3) is 0.733. The first-order valence-corrected chi connectivity index (χ1v) is 6.91. The number of carbonyl (C=O) groups is 1.